The highest BCUT2D eigenvalue weighted by atomic mass is 16.5. The third kappa shape index (κ3) is 2.88. The molecular formula is C15H14O3. The summed E-state index contributed by atoms with van der Waals surface area (Å²) < 4.78 is 5.45. The van der Waals surface area contributed by atoms with Gasteiger partial charge < -0.3 is 9.84 Å². The Bertz CT molecular complexity index is 587. The molecule has 3 heteroatoms. The van der Waals surface area contributed by atoms with E-state index in [1.807, 2.05) is 36.4 Å². The number of aliphatic carboxylic acids is 1. The summed E-state index contributed by atoms with van der Waals surface area (Å²) in [6.45, 7) is 4.05. The first kappa shape index (κ1) is 12.2. The van der Waals surface area contributed by atoms with Crippen LogP contribution >= 0.6 is 0 Å². The quantitative estimate of drug-likeness (QED) is 0.820. The third-order valence-electron chi connectivity index (χ3n) is 2.60. The lowest BCUT2D eigenvalue weighted by Gasteiger charge is -2.06. The minimum atomic E-state index is -0.826. The highest BCUT2D eigenvalue weighted by molar-refractivity contribution is 5.85. The lowest BCUT2D eigenvalue weighted by molar-refractivity contribution is -0.136. The Kier molecular flexibility index (Phi) is 3.63. The molecule has 0 aromatic heterocycles. The Morgan fingerprint density at radius 3 is 2.72 bits per heavy atom. The lowest BCUT2D eigenvalue weighted by atomic mass is 10.0. The van der Waals surface area contributed by atoms with Gasteiger partial charge >= 0.3 is 5.97 Å². The van der Waals surface area contributed by atoms with Gasteiger partial charge in [0.1, 0.15) is 12.4 Å². The summed E-state index contributed by atoms with van der Waals surface area (Å²) in [5.74, 6) is -0.0664. The summed E-state index contributed by atoms with van der Waals surface area (Å²) in [7, 11) is 0. The predicted molar refractivity (Wildman–Crippen MR) is 71.0 cm³/mol. The molecular weight excluding hydrogens is 228 g/mol. The van der Waals surface area contributed by atoms with Gasteiger partial charge in [0.2, 0.25) is 0 Å². The summed E-state index contributed by atoms with van der Waals surface area (Å²) in [4.78, 5) is 10.7. The van der Waals surface area contributed by atoms with Gasteiger partial charge in [-0.05, 0) is 28.5 Å². The van der Waals surface area contributed by atoms with Crippen LogP contribution in [0.2, 0.25) is 0 Å². The van der Waals surface area contributed by atoms with Crippen LogP contribution in [0.1, 0.15) is 5.56 Å². The normalized spacial score (nSPS) is 10.2. The van der Waals surface area contributed by atoms with E-state index in [9.17, 15) is 4.79 Å². The summed E-state index contributed by atoms with van der Waals surface area (Å²) in [6.07, 6.45) is 1.72. The molecule has 0 bridgehead atoms. The van der Waals surface area contributed by atoms with E-state index < -0.39 is 5.97 Å². The molecule has 0 fully saturated rings. The molecule has 18 heavy (non-hydrogen) atoms. The second-order valence-corrected chi connectivity index (χ2v) is 4.01. The van der Waals surface area contributed by atoms with Crippen molar-refractivity contribution in [2.75, 3.05) is 6.61 Å². The van der Waals surface area contributed by atoms with Gasteiger partial charge in [0.05, 0.1) is 6.42 Å². The van der Waals surface area contributed by atoms with Gasteiger partial charge in [-0.2, -0.15) is 0 Å². The van der Waals surface area contributed by atoms with Crippen molar-refractivity contribution in [3.63, 3.8) is 0 Å². The standard InChI is InChI=1S/C15H14O3/c1-2-7-18-14-6-5-12-4-3-11(9-15(16)17)8-13(12)10-14/h2-6,8,10H,1,7,9H2,(H,16,17). The van der Waals surface area contributed by atoms with E-state index in [1.165, 1.54) is 0 Å². The molecule has 0 aliphatic carbocycles. The van der Waals surface area contributed by atoms with Crippen molar-refractivity contribution in [2.24, 2.45) is 0 Å². The average Bonchev–Trinajstić information content (AvgIpc) is 2.35. The van der Waals surface area contributed by atoms with Gasteiger partial charge in [-0.25, -0.2) is 0 Å². The van der Waals surface area contributed by atoms with Crippen molar-refractivity contribution in [3.05, 3.63) is 54.6 Å². The SMILES string of the molecule is C=CCOc1ccc2ccc(CC(=O)O)cc2c1. The second kappa shape index (κ2) is 5.36. The van der Waals surface area contributed by atoms with Crippen LogP contribution in [0.4, 0.5) is 0 Å². The number of carbonyl (C=O) groups is 1. The maximum Gasteiger partial charge on any atom is 0.307 e. The Morgan fingerprint density at radius 2 is 2.00 bits per heavy atom. The Labute approximate surface area is 105 Å². The average molecular weight is 242 g/mol. The number of carboxylic acid groups (broad SMARTS) is 1. The van der Waals surface area contributed by atoms with Crippen molar-refractivity contribution in [2.45, 2.75) is 6.42 Å². The Morgan fingerprint density at radius 1 is 1.22 bits per heavy atom. The molecule has 3 nitrogen and oxygen atoms in total. The van der Waals surface area contributed by atoms with E-state index in [0.29, 0.717) is 6.61 Å². The molecule has 2 rings (SSSR count). The van der Waals surface area contributed by atoms with Crippen LogP contribution in [0, 0.1) is 0 Å². The van der Waals surface area contributed by atoms with Crippen LogP contribution in [-0.2, 0) is 11.2 Å². The molecule has 0 radical (unpaired) electrons. The second-order valence-electron chi connectivity index (χ2n) is 4.01. The van der Waals surface area contributed by atoms with Gasteiger partial charge in [-0.1, -0.05) is 36.9 Å². The third-order valence-corrected chi connectivity index (χ3v) is 2.60. The summed E-state index contributed by atoms with van der Waals surface area (Å²) in [5, 5.41) is 10.8. The van der Waals surface area contributed by atoms with E-state index in [-0.39, 0.29) is 6.42 Å². The zero-order valence-corrected chi connectivity index (χ0v) is 9.93. The molecule has 0 spiro atoms. The number of ether oxygens (including phenoxy) is 1. The molecule has 1 N–H and O–H groups in total. The fraction of sp³-hybridized carbons (Fsp3) is 0.133. The van der Waals surface area contributed by atoms with Gasteiger partial charge in [0.25, 0.3) is 0 Å². The van der Waals surface area contributed by atoms with Crippen LogP contribution in [0.5, 0.6) is 5.75 Å². The molecule has 0 saturated heterocycles. The van der Waals surface area contributed by atoms with Crippen molar-refractivity contribution in [1.29, 1.82) is 0 Å². The largest absolute Gasteiger partial charge is 0.490 e. The van der Waals surface area contributed by atoms with E-state index in [2.05, 4.69) is 6.58 Å². The molecule has 0 heterocycles. The fourth-order valence-electron chi connectivity index (χ4n) is 1.80. The molecule has 0 aliphatic heterocycles. The number of hydrogen-bond acceptors (Lipinski definition) is 2. The molecule has 0 amide bonds. The fourth-order valence-corrected chi connectivity index (χ4v) is 1.80. The van der Waals surface area contributed by atoms with Crippen molar-refractivity contribution >= 4 is 16.7 Å². The van der Waals surface area contributed by atoms with Crippen molar-refractivity contribution in [3.8, 4) is 5.75 Å². The van der Waals surface area contributed by atoms with Crippen molar-refractivity contribution < 1.29 is 14.6 Å². The maximum absolute atomic E-state index is 10.7. The highest BCUT2D eigenvalue weighted by Crippen LogP contribution is 2.22. The number of rotatable bonds is 5. The number of fused-ring (bicyclic) bond motifs is 1. The molecule has 0 atom stereocenters. The minimum Gasteiger partial charge on any atom is -0.490 e. The summed E-state index contributed by atoms with van der Waals surface area (Å²) in [6, 6.07) is 11.4. The first-order chi connectivity index (χ1) is 8.69. The first-order valence-electron chi connectivity index (χ1n) is 5.67. The zero-order chi connectivity index (χ0) is 13.0. The first-order valence-corrected chi connectivity index (χ1v) is 5.67. The summed E-state index contributed by atoms with van der Waals surface area (Å²) in [5.41, 5.74) is 0.788. The van der Waals surface area contributed by atoms with Crippen molar-refractivity contribution in [1.82, 2.24) is 0 Å². The van der Waals surface area contributed by atoms with Crippen LogP contribution in [-0.4, -0.2) is 17.7 Å². The highest BCUT2D eigenvalue weighted by Gasteiger charge is 2.02. The Hall–Kier alpha value is -2.29. The van der Waals surface area contributed by atoms with Gasteiger partial charge in [0.15, 0.2) is 0 Å². The van der Waals surface area contributed by atoms with E-state index in [1.54, 1.807) is 6.08 Å². The van der Waals surface area contributed by atoms with E-state index in [0.717, 1.165) is 22.1 Å². The predicted octanol–water partition coefficient (Wildman–Crippen LogP) is 3.03. The van der Waals surface area contributed by atoms with Crippen LogP contribution in [0.25, 0.3) is 10.8 Å². The van der Waals surface area contributed by atoms with Crippen LogP contribution in [0.15, 0.2) is 49.1 Å². The van der Waals surface area contributed by atoms with Crippen LogP contribution < -0.4 is 4.74 Å². The Balaban J connectivity index is 2.33. The smallest absolute Gasteiger partial charge is 0.307 e. The van der Waals surface area contributed by atoms with Gasteiger partial charge in [-0.3, -0.25) is 4.79 Å². The number of carboxylic acids is 1. The van der Waals surface area contributed by atoms with E-state index in [4.69, 9.17) is 9.84 Å². The van der Waals surface area contributed by atoms with Gasteiger partial charge in [-0.15, -0.1) is 0 Å². The molecule has 92 valence electrons. The monoisotopic (exact) mass is 242 g/mol. The van der Waals surface area contributed by atoms with Gasteiger partial charge in [0, 0.05) is 0 Å². The summed E-state index contributed by atoms with van der Waals surface area (Å²) >= 11 is 0. The lowest BCUT2D eigenvalue weighted by Crippen LogP contribution is -1.99. The molecule has 0 saturated carbocycles. The zero-order valence-electron chi connectivity index (χ0n) is 9.93. The van der Waals surface area contributed by atoms with E-state index >= 15 is 0 Å². The minimum absolute atomic E-state index is 0.0354. The molecule has 0 aliphatic rings. The van der Waals surface area contributed by atoms with Crippen LogP contribution in [0.3, 0.4) is 0 Å². The topological polar surface area (TPSA) is 46.5 Å². The molecule has 2 aromatic rings. The molecule has 2 aromatic carbocycles. The maximum atomic E-state index is 10.7. The number of hydrogen-bond donors (Lipinski definition) is 1. The molecule has 0 unspecified atom stereocenters. The number of benzene rings is 2.